The number of piperidine rings is 1. The molecule has 0 saturated carbocycles. The van der Waals surface area contributed by atoms with E-state index in [0.29, 0.717) is 30.8 Å². The monoisotopic (exact) mass is 282 g/mol. The van der Waals surface area contributed by atoms with Gasteiger partial charge < -0.3 is 24.8 Å². The molecule has 0 atom stereocenters. The van der Waals surface area contributed by atoms with E-state index in [-0.39, 0.29) is 6.04 Å². The molecule has 1 saturated heterocycles. The summed E-state index contributed by atoms with van der Waals surface area (Å²) in [6.45, 7) is 1.02. The molecule has 1 amide bonds. The Balaban J connectivity index is 1.98. The summed E-state index contributed by atoms with van der Waals surface area (Å²) in [7, 11) is 3.05. The molecule has 2 rings (SSSR count). The fourth-order valence-corrected chi connectivity index (χ4v) is 2.08. The van der Waals surface area contributed by atoms with Crippen LogP contribution in [0.5, 0.6) is 11.8 Å². The van der Waals surface area contributed by atoms with E-state index in [2.05, 4.69) is 15.3 Å². The average molecular weight is 282 g/mol. The van der Waals surface area contributed by atoms with Crippen molar-refractivity contribution in [3.63, 3.8) is 0 Å². The molecule has 8 heteroatoms. The van der Waals surface area contributed by atoms with E-state index in [1.54, 1.807) is 6.07 Å². The van der Waals surface area contributed by atoms with Crippen LogP contribution >= 0.6 is 0 Å². The Bertz CT molecular complexity index is 452. The molecule has 1 aliphatic heterocycles. The molecule has 8 nitrogen and oxygen atoms in total. The highest BCUT2D eigenvalue weighted by molar-refractivity contribution is 5.65. The van der Waals surface area contributed by atoms with E-state index >= 15 is 0 Å². The van der Waals surface area contributed by atoms with Gasteiger partial charge >= 0.3 is 6.09 Å². The maximum Gasteiger partial charge on any atom is 0.407 e. The van der Waals surface area contributed by atoms with Gasteiger partial charge in [0.2, 0.25) is 17.7 Å². The third-order valence-electron chi connectivity index (χ3n) is 3.20. The van der Waals surface area contributed by atoms with Gasteiger partial charge in [0.1, 0.15) is 0 Å². The lowest BCUT2D eigenvalue weighted by Crippen LogP contribution is -2.41. The summed E-state index contributed by atoms with van der Waals surface area (Å²) in [5, 5.41) is 12.1. The average Bonchev–Trinajstić information content (AvgIpc) is 2.47. The van der Waals surface area contributed by atoms with Gasteiger partial charge in [-0.2, -0.15) is 9.97 Å². The summed E-state index contributed by atoms with van der Waals surface area (Å²) in [4.78, 5) is 20.6. The lowest BCUT2D eigenvalue weighted by atomic mass is 10.1. The highest BCUT2D eigenvalue weighted by Gasteiger charge is 2.22. The lowest BCUT2D eigenvalue weighted by molar-refractivity contribution is 0.133. The third-order valence-corrected chi connectivity index (χ3v) is 3.20. The zero-order valence-corrected chi connectivity index (χ0v) is 11.5. The Labute approximate surface area is 116 Å². The Kier molecular flexibility index (Phi) is 4.44. The molecular formula is C12H18N4O4. The zero-order chi connectivity index (χ0) is 14.5. The lowest BCUT2D eigenvalue weighted by Gasteiger charge is -2.30. The first kappa shape index (κ1) is 14.2. The van der Waals surface area contributed by atoms with Crippen LogP contribution in [0, 0.1) is 0 Å². The van der Waals surface area contributed by atoms with Crippen LogP contribution in [0.3, 0.4) is 0 Å². The molecule has 0 aliphatic carbocycles. The minimum absolute atomic E-state index is 0.141. The number of methoxy groups -OCH3 is 2. The maximum absolute atomic E-state index is 10.8. The Morgan fingerprint density at radius 1 is 1.30 bits per heavy atom. The van der Waals surface area contributed by atoms with E-state index in [0.717, 1.165) is 12.8 Å². The van der Waals surface area contributed by atoms with Crippen molar-refractivity contribution < 1.29 is 19.4 Å². The van der Waals surface area contributed by atoms with Gasteiger partial charge in [0.15, 0.2) is 0 Å². The largest absolute Gasteiger partial charge is 0.481 e. The number of aromatic nitrogens is 2. The molecule has 1 aromatic heterocycles. The Hall–Kier alpha value is -2.25. The second-order valence-corrected chi connectivity index (χ2v) is 4.46. The van der Waals surface area contributed by atoms with Gasteiger partial charge in [0.05, 0.1) is 20.3 Å². The van der Waals surface area contributed by atoms with Crippen molar-refractivity contribution in [2.45, 2.75) is 18.9 Å². The molecule has 0 spiro atoms. The minimum atomic E-state index is -0.872. The second-order valence-electron chi connectivity index (χ2n) is 4.46. The van der Waals surface area contributed by atoms with Crippen LogP contribution < -0.4 is 14.8 Å². The Morgan fingerprint density at radius 3 is 2.30 bits per heavy atom. The topological polar surface area (TPSA) is 96.8 Å². The number of ether oxygens (including phenoxy) is 2. The van der Waals surface area contributed by atoms with Crippen molar-refractivity contribution in [3.05, 3.63) is 6.07 Å². The van der Waals surface area contributed by atoms with E-state index in [4.69, 9.17) is 14.6 Å². The predicted molar refractivity (Wildman–Crippen MR) is 71.4 cm³/mol. The van der Waals surface area contributed by atoms with Crippen LogP contribution in [0.4, 0.5) is 10.7 Å². The third kappa shape index (κ3) is 3.40. The summed E-state index contributed by atoms with van der Waals surface area (Å²) in [6, 6.07) is 1.74. The van der Waals surface area contributed by atoms with Crippen molar-refractivity contribution in [3.8, 4) is 11.8 Å². The summed E-state index contributed by atoms with van der Waals surface area (Å²) in [5.41, 5.74) is 0. The van der Waals surface area contributed by atoms with Crippen LogP contribution in [0.15, 0.2) is 6.07 Å². The predicted octanol–water partition coefficient (Wildman–Crippen LogP) is 1.05. The number of hydrogen-bond donors (Lipinski definition) is 2. The summed E-state index contributed by atoms with van der Waals surface area (Å²) in [6.07, 6.45) is 0.562. The number of carbonyl (C=O) groups is 1. The van der Waals surface area contributed by atoms with Gasteiger partial charge in [0, 0.05) is 19.1 Å². The number of amides is 1. The van der Waals surface area contributed by atoms with Crippen LogP contribution in [-0.4, -0.2) is 59.4 Å². The fraction of sp³-hybridized carbons (Fsp3) is 0.583. The second kappa shape index (κ2) is 6.27. The summed E-state index contributed by atoms with van der Waals surface area (Å²) in [5.74, 6) is 1.26. The molecule has 0 radical (unpaired) electrons. The van der Waals surface area contributed by atoms with Gasteiger partial charge in [-0.3, -0.25) is 0 Å². The molecular weight excluding hydrogens is 264 g/mol. The van der Waals surface area contributed by atoms with Crippen LogP contribution in [0.2, 0.25) is 0 Å². The molecule has 1 aliphatic rings. The number of anilines is 1. The molecule has 110 valence electrons. The van der Waals surface area contributed by atoms with Crippen molar-refractivity contribution >= 4 is 12.0 Å². The van der Waals surface area contributed by atoms with Gasteiger partial charge in [-0.15, -0.1) is 0 Å². The van der Waals surface area contributed by atoms with Crippen LogP contribution in [0.1, 0.15) is 12.8 Å². The first-order valence-electron chi connectivity index (χ1n) is 6.34. The smallest absolute Gasteiger partial charge is 0.407 e. The number of nitrogens with one attached hydrogen (secondary N) is 1. The maximum atomic E-state index is 10.8. The van der Waals surface area contributed by atoms with Crippen molar-refractivity contribution in [2.75, 3.05) is 32.6 Å². The fourth-order valence-electron chi connectivity index (χ4n) is 2.08. The van der Waals surface area contributed by atoms with Crippen LogP contribution in [-0.2, 0) is 0 Å². The molecule has 0 aromatic carbocycles. The highest BCUT2D eigenvalue weighted by atomic mass is 16.5. The quantitative estimate of drug-likeness (QED) is 0.851. The zero-order valence-electron chi connectivity index (χ0n) is 11.5. The summed E-state index contributed by atoms with van der Waals surface area (Å²) < 4.78 is 10.2. The highest BCUT2D eigenvalue weighted by Crippen LogP contribution is 2.20. The number of carboxylic acid groups (broad SMARTS) is 1. The molecule has 0 unspecified atom stereocenters. The van der Waals surface area contributed by atoms with E-state index in [1.165, 1.54) is 19.1 Å². The standard InChI is InChI=1S/C12H18N4O4/c1-19-9-7-10(20-2)15-11(14-9)13-8-3-5-16(6-4-8)12(17)18/h7-8H,3-6H2,1-2H3,(H,17,18)(H,13,14,15). The minimum Gasteiger partial charge on any atom is -0.481 e. The summed E-state index contributed by atoms with van der Waals surface area (Å²) >= 11 is 0. The van der Waals surface area contributed by atoms with Gasteiger partial charge in [-0.25, -0.2) is 4.79 Å². The first-order chi connectivity index (χ1) is 9.62. The normalized spacial score (nSPS) is 15.8. The number of hydrogen-bond acceptors (Lipinski definition) is 6. The van der Waals surface area contributed by atoms with Crippen molar-refractivity contribution in [2.24, 2.45) is 0 Å². The van der Waals surface area contributed by atoms with Crippen LogP contribution in [0.25, 0.3) is 0 Å². The number of likely N-dealkylation sites (tertiary alicyclic amines) is 1. The Morgan fingerprint density at radius 2 is 1.85 bits per heavy atom. The molecule has 1 fully saturated rings. The molecule has 0 bridgehead atoms. The first-order valence-corrected chi connectivity index (χ1v) is 6.34. The molecule has 1 aromatic rings. The van der Waals surface area contributed by atoms with Crippen molar-refractivity contribution in [1.82, 2.24) is 14.9 Å². The van der Waals surface area contributed by atoms with Gasteiger partial charge in [0.25, 0.3) is 0 Å². The van der Waals surface area contributed by atoms with Crippen molar-refractivity contribution in [1.29, 1.82) is 0 Å². The van der Waals surface area contributed by atoms with E-state index < -0.39 is 6.09 Å². The molecule has 2 heterocycles. The number of rotatable bonds is 4. The van der Waals surface area contributed by atoms with E-state index in [9.17, 15) is 4.79 Å². The molecule has 20 heavy (non-hydrogen) atoms. The van der Waals surface area contributed by atoms with Gasteiger partial charge in [-0.05, 0) is 12.8 Å². The van der Waals surface area contributed by atoms with E-state index in [1.807, 2.05) is 0 Å². The SMILES string of the molecule is COc1cc(OC)nc(NC2CCN(C(=O)O)CC2)n1. The molecule has 2 N–H and O–H groups in total. The van der Waals surface area contributed by atoms with Gasteiger partial charge in [-0.1, -0.05) is 0 Å². The number of nitrogens with zero attached hydrogens (tertiary/aromatic N) is 3.